The molecule has 1 aliphatic heterocycles. The molecule has 16 heavy (non-hydrogen) atoms. The highest BCUT2D eigenvalue weighted by molar-refractivity contribution is 6.10. The largest absolute Gasteiger partial charge is 0.295 e. The van der Waals surface area contributed by atoms with Crippen LogP contribution in [0.25, 0.3) is 0 Å². The first kappa shape index (κ1) is 9.82. The van der Waals surface area contributed by atoms with Crippen LogP contribution in [0.1, 0.15) is 32.6 Å². The van der Waals surface area contributed by atoms with Crippen LogP contribution in [0.2, 0.25) is 0 Å². The Morgan fingerprint density at radius 2 is 1.69 bits per heavy atom. The Labute approximate surface area is 94.6 Å². The highest BCUT2D eigenvalue weighted by Gasteiger charge is 2.65. The standard InChI is InChI=1S/C13H15NO2/c1-9-4-7-12-5-2-3-6-13(12,8-9)11(16)14-10(12)15/h2-4H,5-8H2,1H3,(H,14,15,16)/t12-,13+/m0/s1. The summed E-state index contributed by atoms with van der Waals surface area (Å²) in [5, 5.41) is 2.55. The molecular formula is C13H15NO2. The third-order valence-electron chi connectivity index (χ3n) is 4.49. The lowest BCUT2D eigenvalue weighted by Gasteiger charge is -2.45. The highest BCUT2D eigenvalue weighted by Crippen LogP contribution is 2.59. The average molecular weight is 217 g/mol. The van der Waals surface area contributed by atoms with Gasteiger partial charge in [-0.15, -0.1) is 0 Å². The van der Waals surface area contributed by atoms with Crippen LogP contribution in [0.15, 0.2) is 23.8 Å². The summed E-state index contributed by atoms with van der Waals surface area (Å²) in [5.41, 5.74) is 0.256. The lowest BCUT2D eigenvalue weighted by molar-refractivity contribution is -0.136. The predicted molar refractivity (Wildman–Crippen MR) is 59.4 cm³/mol. The first-order valence-electron chi connectivity index (χ1n) is 5.77. The summed E-state index contributed by atoms with van der Waals surface area (Å²) in [7, 11) is 0. The molecule has 0 aromatic carbocycles. The first-order chi connectivity index (χ1) is 7.61. The molecule has 0 saturated carbocycles. The Bertz CT molecular complexity index is 449. The molecule has 84 valence electrons. The maximum atomic E-state index is 12.1. The van der Waals surface area contributed by atoms with Crippen molar-refractivity contribution in [3.05, 3.63) is 23.8 Å². The van der Waals surface area contributed by atoms with E-state index in [2.05, 4.69) is 17.5 Å². The molecule has 3 rings (SSSR count). The number of allylic oxidation sites excluding steroid dienone is 4. The van der Waals surface area contributed by atoms with Gasteiger partial charge in [-0.05, 0) is 32.6 Å². The maximum absolute atomic E-state index is 12.1. The third kappa shape index (κ3) is 0.896. The van der Waals surface area contributed by atoms with Gasteiger partial charge < -0.3 is 0 Å². The zero-order valence-corrected chi connectivity index (χ0v) is 9.38. The average Bonchev–Trinajstić information content (AvgIpc) is 2.49. The topological polar surface area (TPSA) is 46.2 Å². The molecule has 0 radical (unpaired) electrons. The Balaban J connectivity index is 2.21. The lowest BCUT2D eigenvalue weighted by Crippen LogP contribution is -2.47. The summed E-state index contributed by atoms with van der Waals surface area (Å²) in [6.45, 7) is 2.05. The number of nitrogens with one attached hydrogen (secondary N) is 1. The number of hydrogen-bond acceptors (Lipinski definition) is 2. The molecular weight excluding hydrogens is 202 g/mol. The fourth-order valence-corrected chi connectivity index (χ4v) is 3.51. The molecule has 0 bridgehead atoms. The number of imide groups is 1. The molecule has 2 atom stereocenters. The second-order valence-corrected chi connectivity index (χ2v) is 5.26. The molecule has 0 spiro atoms. The maximum Gasteiger partial charge on any atom is 0.234 e. The van der Waals surface area contributed by atoms with Gasteiger partial charge in [0.1, 0.15) is 0 Å². The molecule has 1 heterocycles. The Kier molecular flexibility index (Phi) is 1.74. The van der Waals surface area contributed by atoms with Crippen molar-refractivity contribution in [2.24, 2.45) is 10.8 Å². The van der Waals surface area contributed by atoms with Crippen LogP contribution < -0.4 is 5.32 Å². The predicted octanol–water partition coefficient (Wildman–Crippen LogP) is 1.71. The number of carbonyl (C=O) groups excluding carboxylic acids is 2. The summed E-state index contributed by atoms with van der Waals surface area (Å²) in [6, 6.07) is 0. The second-order valence-electron chi connectivity index (χ2n) is 5.26. The van der Waals surface area contributed by atoms with Crippen molar-refractivity contribution in [1.29, 1.82) is 0 Å². The van der Waals surface area contributed by atoms with Crippen molar-refractivity contribution >= 4 is 11.8 Å². The van der Waals surface area contributed by atoms with Gasteiger partial charge in [0.15, 0.2) is 0 Å². The van der Waals surface area contributed by atoms with Crippen molar-refractivity contribution in [1.82, 2.24) is 5.32 Å². The van der Waals surface area contributed by atoms with Crippen molar-refractivity contribution in [3.8, 4) is 0 Å². The van der Waals surface area contributed by atoms with Crippen LogP contribution in [-0.4, -0.2) is 11.8 Å². The Morgan fingerprint density at radius 3 is 2.44 bits per heavy atom. The molecule has 2 aliphatic carbocycles. The second kappa shape index (κ2) is 2.84. The van der Waals surface area contributed by atoms with Gasteiger partial charge in [0.05, 0.1) is 10.8 Å². The highest BCUT2D eigenvalue weighted by atomic mass is 16.2. The van der Waals surface area contributed by atoms with E-state index in [4.69, 9.17) is 0 Å². The fourth-order valence-electron chi connectivity index (χ4n) is 3.51. The van der Waals surface area contributed by atoms with E-state index in [0.717, 1.165) is 6.42 Å². The quantitative estimate of drug-likeness (QED) is 0.496. The van der Waals surface area contributed by atoms with Crippen LogP contribution in [-0.2, 0) is 9.59 Å². The Morgan fingerprint density at radius 1 is 1.06 bits per heavy atom. The summed E-state index contributed by atoms with van der Waals surface area (Å²) < 4.78 is 0. The van der Waals surface area contributed by atoms with Gasteiger partial charge in [-0.2, -0.15) is 0 Å². The molecule has 2 amide bonds. The van der Waals surface area contributed by atoms with Crippen LogP contribution in [0.5, 0.6) is 0 Å². The molecule has 3 nitrogen and oxygen atoms in total. The monoisotopic (exact) mass is 217 g/mol. The van der Waals surface area contributed by atoms with E-state index < -0.39 is 10.8 Å². The minimum atomic E-state index is -0.488. The van der Waals surface area contributed by atoms with E-state index >= 15 is 0 Å². The zero-order valence-electron chi connectivity index (χ0n) is 9.38. The van der Waals surface area contributed by atoms with E-state index in [0.29, 0.717) is 19.3 Å². The van der Waals surface area contributed by atoms with Crippen LogP contribution in [0.3, 0.4) is 0 Å². The van der Waals surface area contributed by atoms with Crippen molar-refractivity contribution in [3.63, 3.8) is 0 Å². The number of amides is 2. The van der Waals surface area contributed by atoms with Gasteiger partial charge in [0.2, 0.25) is 11.8 Å². The molecule has 0 unspecified atom stereocenters. The van der Waals surface area contributed by atoms with Gasteiger partial charge in [0.25, 0.3) is 0 Å². The number of hydrogen-bond donors (Lipinski definition) is 1. The summed E-state index contributed by atoms with van der Waals surface area (Å²) in [5.74, 6) is -0.125. The fraction of sp³-hybridized carbons (Fsp3) is 0.538. The molecule has 0 aromatic rings. The van der Waals surface area contributed by atoms with E-state index in [9.17, 15) is 9.59 Å². The molecule has 3 aliphatic rings. The molecule has 3 heteroatoms. The van der Waals surface area contributed by atoms with Gasteiger partial charge in [-0.25, -0.2) is 0 Å². The third-order valence-corrected chi connectivity index (χ3v) is 4.49. The zero-order chi connectivity index (χ0) is 11.4. The van der Waals surface area contributed by atoms with Gasteiger partial charge >= 0.3 is 0 Å². The SMILES string of the molecule is CC1=CC[C@]23CC=CC[C@@]2(C1)C(=O)NC3=O. The van der Waals surface area contributed by atoms with E-state index in [-0.39, 0.29) is 11.8 Å². The molecule has 0 aromatic heterocycles. The first-order valence-corrected chi connectivity index (χ1v) is 5.77. The summed E-state index contributed by atoms with van der Waals surface area (Å²) in [4.78, 5) is 24.2. The van der Waals surface area contributed by atoms with Crippen LogP contribution in [0.4, 0.5) is 0 Å². The number of rotatable bonds is 0. The van der Waals surface area contributed by atoms with Crippen LogP contribution in [0, 0.1) is 10.8 Å². The Hall–Kier alpha value is -1.38. The number of carbonyl (C=O) groups is 2. The van der Waals surface area contributed by atoms with Crippen molar-refractivity contribution in [2.45, 2.75) is 32.6 Å². The van der Waals surface area contributed by atoms with Gasteiger partial charge in [-0.3, -0.25) is 14.9 Å². The van der Waals surface area contributed by atoms with E-state index in [1.165, 1.54) is 5.57 Å². The summed E-state index contributed by atoms with van der Waals surface area (Å²) in [6.07, 6.45) is 9.06. The minimum absolute atomic E-state index is 0.0608. The lowest BCUT2D eigenvalue weighted by atomic mass is 9.53. The summed E-state index contributed by atoms with van der Waals surface area (Å²) >= 11 is 0. The van der Waals surface area contributed by atoms with Crippen LogP contribution >= 0.6 is 0 Å². The molecule has 1 N–H and O–H groups in total. The van der Waals surface area contributed by atoms with E-state index in [1.54, 1.807) is 0 Å². The van der Waals surface area contributed by atoms with Gasteiger partial charge in [-0.1, -0.05) is 23.8 Å². The normalized spacial score (nSPS) is 41.2. The molecule has 1 fully saturated rings. The van der Waals surface area contributed by atoms with E-state index in [1.807, 2.05) is 13.0 Å². The smallest absolute Gasteiger partial charge is 0.234 e. The molecule has 1 saturated heterocycles. The minimum Gasteiger partial charge on any atom is -0.295 e. The van der Waals surface area contributed by atoms with Gasteiger partial charge in [0, 0.05) is 0 Å². The van der Waals surface area contributed by atoms with Crippen molar-refractivity contribution in [2.75, 3.05) is 0 Å². The van der Waals surface area contributed by atoms with Crippen molar-refractivity contribution < 1.29 is 9.59 Å².